The second-order valence-electron chi connectivity index (χ2n) is 7.27. The zero-order valence-corrected chi connectivity index (χ0v) is 17.8. The fraction of sp³-hybridized carbons (Fsp3) is 0.0769. The first-order chi connectivity index (χ1) is 16.0. The van der Waals surface area contributed by atoms with Crippen LogP contribution in [0.1, 0.15) is 16.3 Å². The summed E-state index contributed by atoms with van der Waals surface area (Å²) in [5, 5.41) is 1.08. The van der Waals surface area contributed by atoms with E-state index in [4.69, 9.17) is 23.0 Å². The van der Waals surface area contributed by atoms with E-state index in [0.717, 1.165) is 5.39 Å². The highest BCUT2D eigenvalue weighted by molar-refractivity contribution is 5.94. The third-order valence-electron chi connectivity index (χ3n) is 5.11. The van der Waals surface area contributed by atoms with Gasteiger partial charge in [0, 0.05) is 11.5 Å². The number of carbonyl (C=O) groups is 1. The Morgan fingerprint density at radius 2 is 1.61 bits per heavy atom. The predicted octanol–water partition coefficient (Wildman–Crippen LogP) is 5.87. The molecule has 33 heavy (non-hydrogen) atoms. The van der Waals surface area contributed by atoms with Gasteiger partial charge in [0.15, 0.2) is 11.5 Å². The van der Waals surface area contributed by atoms with Gasteiger partial charge in [0.2, 0.25) is 16.9 Å². The number of furan rings is 1. The van der Waals surface area contributed by atoms with Gasteiger partial charge < -0.3 is 23.0 Å². The molecule has 3 aromatic carbocycles. The predicted molar refractivity (Wildman–Crippen MR) is 121 cm³/mol. The number of hydrogen-bond acceptors (Lipinski definition) is 7. The van der Waals surface area contributed by atoms with Crippen LogP contribution in [0.3, 0.4) is 0 Å². The molecule has 0 bridgehead atoms. The molecule has 7 heteroatoms. The lowest BCUT2D eigenvalue weighted by Crippen LogP contribution is -2.09. The van der Waals surface area contributed by atoms with Gasteiger partial charge >= 0.3 is 5.97 Å². The van der Waals surface area contributed by atoms with Crippen molar-refractivity contribution in [2.75, 3.05) is 7.11 Å². The van der Waals surface area contributed by atoms with E-state index >= 15 is 0 Å². The molecular weight excluding hydrogens is 424 g/mol. The van der Waals surface area contributed by atoms with Crippen LogP contribution in [0.15, 0.2) is 86.4 Å². The van der Waals surface area contributed by atoms with Crippen LogP contribution in [0.4, 0.5) is 0 Å². The molecule has 0 radical (unpaired) electrons. The van der Waals surface area contributed by atoms with Gasteiger partial charge in [-0.2, -0.15) is 0 Å². The average molecular weight is 442 g/mol. The van der Waals surface area contributed by atoms with Crippen LogP contribution in [0.25, 0.3) is 21.9 Å². The minimum atomic E-state index is -0.652. The fourth-order valence-electron chi connectivity index (χ4n) is 3.50. The van der Waals surface area contributed by atoms with Crippen molar-refractivity contribution < 1.29 is 27.8 Å². The third kappa shape index (κ3) is 3.80. The summed E-state index contributed by atoms with van der Waals surface area (Å²) in [4.78, 5) is 25.6. The minimum absolute atomic E-state index is 0.0546. The second kappa shape index (κ2) is 8.20. The van der Waals surface area contributed by atoms with Crippen LogP contribution in [-0.4, -0.2) is 13.1 Å². The zero-order chi connectivity index (χ0) is 22.9. The first-order valence-electron chi connectivity index (χ1n) is 10.1. The van der Waals surface area contributed by atoms with Gasteiger partial charge in [-0.15, -0.1) is 0 Å². The highest BCUT2D eigenvalue weighted by Gasteiger charge is 2.18. The molecule has 0 saturated heterocycles. The van der Waals surface area contributed by atoms with Gasteiger partial charge in [-0.25, -0.2) is 4.79 Å². The van der Waals surface area contributed by atoms with Gasteiger partial charge in [-0.3, -0.25) is 4.79 Å². The Kier molecular flexibility index (Phi) is 5.06. The standard InChI is InChI=1S/C26H18O7/c1-15-25(33-21-10-6-5-9-20(21)29-2)24(27)18-12-11-17(14-22(18)30-15)31-26(28)23-13-16-7-3-4-8-19(16)32-23/h3-14H,1-2H3. The number of fused-ring (bicyclic) bond motifs is 2. The van der Waals surface area contributed by atoms with E-state index in [1.54, 1.807) is 43.3 Å². The molecule has 0 aliphatic rings. The summed E-state index contributed by atoms with van der Waals surface area (Å²) in [6, 6.07) is 20.4. The van der Waals surface area contributed by atoms with Crippen molar-refractivity contribution in [1.82, 2.24) is 0 Å². The lowest BCUT2D eigenvalue weighted by molar-refractivity contribution is 0.0704. The monoisotopic (exact) mass is 442 g/mol. The third-order valence-corrected chi connectivity index (χ3v) is 5.11. The van der Waals surface area contributed by atoms with E-state index in [0.29, 0.717) is 17.1 Å². The molecule has 0 amide bonds. The molecule has 5 aromatic rings. The molecular formula is C26H18O7. The Labute approximate surface area is 187 Å². The Morgan fingerprint density at radius 1 is 0.848 bits per heavy atom. The lowest BCUT2D eigenvalue weighted by Gasteiger charge is -2.12. The van der Waals surface area contributed by atoms with Crippen LogP contribution in [0, 0.1) is 6.92 Å². The number of rotatable bonds is 5. The maximum atomic E-state index is 13.1. The van der Waals surface area contributed by atoms with Crippen LogP contribution in [-0.2, 0) is 0 Å². The first kappa shape index (κ1) is 20.4. The summed E-state index contributed by atoms with van der Waals surface area (Å²) >= 11 is 0. The van der Waals surface area contributed by atoms with Crippen LogP contribution in [0.2, 0.25) is 0 Å². The average Bonchev–Trinajstić information content (AvgIpc) is 3.26. The van der Waals surface area contributed by atoms with Crippen molar-refractivity contribution in [1.29, 1.82) is 0 Å². The summed E-state index contributed by atoms with van der Waals surface area (Å²) in [5.41, 5.74) is 0.502. The smallest absolute Gasteiger partial charge is 0.379 e. The van der Waals surface area contributed by atoms with Crippen molar-refractivity contribution in [2.24, 2.45) is 0 Å². The van der Waals surface area contributed by atoms with Gasteiger partial charge in [0.1, 0.15) is 22.7 Å². The molecule has 2 aromatic heterocycles. The highest BCUT2D eigenvalue weighted by atomic mass is 16.5. The van der Waals surface area contributed by atoms with Crippen LogP contribution >= 0.6 is 0 Å². The van der Waals surface area contributed by atoms with E-state index in [9.17, 15) is 9.59 Å². The Hall–Kier alpha value is -4.52. The summed E-state index contributed by atoms with van der Waals surface area (Å²) in [5.74, 6) is 0.859. The van der Waals surface area contributed by atoms with Crippen LogP contribution < -0.4 is 19.6 Å². The van der Waals surface area contributed by atoms with Crippen molar-refractivity contribution in [3.63, 3.8) is 0 Å². The fourth-order valence-corrected chi connectivity index (χ4v) is 3.50. The summed E-state index contributed by atoms with van der Waals surface area (Å²) in [6.07, 6.45) is 0. The first-order valence-corrected chi connectivity index (χ1v) is 10.1. The molecule has 0 spiro atoms. The number of carbonyl (C=O) groups excluding carboxylic acids is 1. The Bertz CT molecular complexity index is 1530. The number of aryl methyl sites for hydroxylation is 1. The number of hydrogen-bond donors (Lipinski definition) is 0. The van der Waals surface area contributed by atoms with E-state index < -0.39 is 5.97 Å². The maximum absolute atomic E-state index is 13.1. The molecule has 5 rings (SSSR count). The lowest BCUT2D eigenvalue weighted by atomic mass is 10.2. The number of methoxy groups -OCH3 is 1. The minimum Gasteiger partial charge on any atom is -0.493 e. The van der Waals surface area contributed by atoms with E-state index in [1.807, 2.05) is 18.2 Å². The van der Waals surface area contributed by atoms with Crippen molar-refractivity contribution in [2.45, 2.75) is 6.92 Å². The quantitative estimate of drug-likeness (QED) is 0.248. The molecule has 0 unspecified atom stereocenters. The molecule has 164 valence electrons. The number of para-hydroxylation sites is 3. The maximum Gasteiger partial charge on any atom is 0.379 e. The molecule has 7 nitrogen and oxygen atoms in total. The van der Waals surface area contributed by atoms with Gasteiger partial charge in [-0.05, 0) is 43.3 Å². The summed E-state index contributed by atoms with van der Waals surface area (Å²) in [7, 11) is 1.52. The normalized spacial score (nSPS) is 11.0. The molecule has 0 atom stereocenters. The molecule has 0 aliphatic carbocycles. The van der Waals surface area contributed by atoms with Crippen molar-refractivity contribution >= 4 is 27.9 Å². The Morgan fingerprint density at radius 3 is 2.39 bits per heavy atom. The Balaban J connectivity index is 1.45. The van der Waals surface area contributed by atoms with Gasteiger partial charge in [-0.1, -0.05) is 30.3 Å². The molecule has 0 aliphatic heterocycles. The molecule has 0 fully saturated rings. The van der Waals surface area contributed by atoms with Crippen molar-refractivity contribution in [3.8, 4) is 23.0 Å². The second-order valence-corrected chi connectivity index (χ2v) is 7.27. The highest BCUT2D eigenvalue weighted by Crippen LogP contribution is 2.33. The number of esters is 1. The van der Waals surface area contributed by atoms with E-state index in [-0.39, 0.29) is 39.4 Å². The molecule has 0 N–H and O–H groups in total. The van der Waals surface area contributed by atoms with Crippen LogP contribution in [0.5, 0.6) is 23.0 Å². The van der Waals surface area contributed by atoms with E-state index in [2.05, 4.69) is 0 Å². The van der Waals surface area contributed by atoms with Crippen molar-refractivity contribution in [3.05, 3.63) is 94.5 Å². The number of ether oxygens (including phenoxy) is 3. The van der Waals surface area contributed by atoms with Gasteiger partial charge in [0.25, 0.3) is 0 Å². The molecule has 0 saturated carbocycles. The number of benzene rings is 3. The topological polar surface area (TPSA) is 88.1 Å². The largest absolute Gasteiger partial charge is 0.493 e. The summed E-state index contributed by atoms with van der Waals surface area (Å²) in [6.45, 7) is 1.62. The molecule has 2 heterocycles. The van der Waals surface area contributed by atoms with E-state index in [1.165, 1.54) is 25.3 Å². The zero-order valence-electron chi connectivity index (χ0n) is 17.8. The summed E-state index contributed by atoms with van der Waals surface area (Å²) < 4.78 is 27.9. The SMILES string of the molecule is COc1ccccc1Oc1c(C)oc2cc(OC(=O)c3cc4ccccc4o3)ccc2c1=O. The van der Waals surface area contributed by atoms with Gasteiger partial charge in [0.05, 0.1) is 12.5 Å².